The van der Waals surface area contributed by atoms with Crippen LogP contribution < -0.4 is 0 Å². The van der Waals surface area contributed by atoms with Crippen molar-refractivity contribution >= 4 is 11.8 Å². The van der Waals surface area contributed by atoms with Gasteiger partial charge in [-0.1, -0.05) is 43.7 Å². The highest BCUT2D eigenvalue weighted by molar-refractivity contribution is 6.34. The number of benzene rings is 1. The van der Waals surface area contributed by atoms with Gasteiger partial charge in [0.25, 0.3) is 0 Å². The van der Waals surface area contributed by atoms with Crippen LogP contribution in [0.3, 0.4) is 0 Å². The number of hydrogen-bond donors (Lipinski definition) is 0. The van der Waals surface area contributed by atoms with Crippen molar-refractivity contribution in [1.82, 2.24) is 9.80 Å². The van der Waals surface area contributed by atoms with Crippen molar-refractivity contribution in [3.05, 3.63) is 35.9 Å². The number of amides is 2. The van der Waals surface area contributed by atoms with Crippen molar-refractivity contribution in [2.45, 2.75) is 33.2 Å². The molecule has 20 heavy (non-hydrogen) atoms. The summed E-state index contributed by atoms with van der Waals surface area (Å²) in [6.07, 6.45) is 1.92. The maximum absolute atomic E-state index is 12.2. The molecule has 1 aromatic rings. The Labute approximate surface area is 121 Å². The molecular weight excluding hydrogens is 252 g/mol. The molecule has 0 aliphatic heterocycles. The molecule has 0 aliphatic rings. The van der Waals surface area contributed by atoms with Gasteiger partial charge in [-0.25, -0.2) is 0 Å². The number of nitrogens with zero attached hydrogens (tertiary/aromatic N) is 2. The SMILES string of the molecule is CCCCN(C)C(=O)C(=O)N(CC)Cc1ccccc1. The summed E-state index contributed by atoms with van der Waals surface area (Å²) in [6.45, 7) is 5.59. The molecule has 0 unspecified atom stereocenters. The van der Waals surface area contributed by atoms with Gasteiger partial charge < -0.3 is 9.80 Å². The Morgan fingerprint density at radius 3 is 2.25 bits per heavy atom. The summed E-state index contributed by atoms with van der Waals surface area (Å²) in [4.78, 5) is 27.4. The van der Waals surface area contributed by atoms with E-state index in [9.17, 15) is 9.59 Å². The lowest BCUT2D eigenvalue weighted by atomic mass is 10.2. The first kappa shape index (κ1) is 16.2. The predicted octanol–water partition coefficient (Wildman–Crippen LogP) is 2.29. The van der Waals surface area contributed by atoms with Crippen molar-refractivity contribution in [3.8, 4) is 0 Å². The van der Waals surface area contributed by atoms with E-state index in [0.29, 0.717) is 19.6 Å². The third kappa shape index (κ3) is 4.68. The zero-order chi connectivity index (χ0) is 15.0. The molecule has 4 nitrogen and oxygen atoms in total. The smallest absolute Gasteiger partial charge is 0.312 e. The lowest BCUT2D eigenvalue weighted by Crippen LogP contribution is -2.43. The fourth-order valence-corrected chi connectivity index (χ4v) is 1.93. The van der Waals surface area contributed by atoms with E-state index in [2.05, 4.69) is 6.92 Å². The third-order valence-electron chi connectivity index (χ3n) is 3.26. The lowest BCUT2D eigenvalue weighted by Gasteiger charge is -2.23. The third-order valence-corrected chi connectivity index (χ3v) is 3.26. The first-order chi connectivity index (χ1) is 9.60. The van der Waals surface area contributed by atoms with Crippen LogP contribution in [0.1, 0.15) is 32.3 Å². The van der Waals surface area contributed by atoms with E-state index >= 15 is 0 Å². The van der Waals surface area contributed by atoms with E-state index in [1.165, 1.54) is 4.90 Å². The van der Waals surface area contributed by atoms with Crippen molar-refractivity contribution in [2.24, 2.45) is 0 Å². The monoisotopic (exact) mass is 276 g/mol. The second-order valence-corrected chi connectivity index (χ2v) is 4.89. The van der Waals surface area contributed by atoms with Gasteiger partial charge in [0.1, 0.15) is 0 Å². The van der Waals surface area contributed by atoms with Gasteiger partial charge in [-0.2, -0.15) is 0 Å². The molecule has 0 aliphatic carbocycles. The summed E-state index contributed by atoms with van der Waals surface area (Å²) in [5, 5.41) is 0. The number of carbonyl (C=O) groups excluding carboxylic acids is 2. The topological polar surface area (TPSA) is 40.6 Å². The summed E-state index contributed by atoms with van der Waals surface area (Å²) in [5.74, 6) is -0.841. The largest absolute Gasteiger partial charge is 0.338 e. The molecule has 2 amide bonds. The number of likely N-dealkylation sites (N-methyl/N-ethyl adjacent to an activating group) is 2. The summed E-state index contributed by atoms with van der Waals surface area (Å²) in [7, 11) is 1.69. The summed E-state index contributed by atoms with van der Waals surface area (Å²) in [5.41, 5.74) is 1.03. The number of unbranched alkanes of at least 4 members (excludes halogenated alkanes) is 1. The molecule has 0 atom stereocenters. The van der Waals surface area contributed by atoms with Crippen LogP contribution in [-0.4, -0.2) is 41.8 Å². The predicted molar refractivity (Wildman–Crippen MR) is 80.1 cm³/mol. The van der Waals surface area contributed by atoms with Crippen LogP contribution in [0.5, 0.6) is 0 Å². The summed E-state index contributed by atoms with van der Waals surface area (Å²) < 4.78 is 0. The highest BCUT2D eigenvalue weighted by Gasteiger charge is 2.23. The molecule has 1 rings (SSSR count). The Kier molecular flexibility index (Phi) is 6.77. The number of rotatable bonds is 6. The van der Waals surface area contributed by atoms with Crippen molar-refractivity contribution < 1.29 is 9.59 Å². The maximum Gasteiger partial charge on any atom is 0.312 e. The highest BCUT2D eigenvalue weighted by atomic mass is 16.2. The fraction of sp³-hybridized carbons (Fsp3) is 0.500. The highest BCUT2D eigenvalue weighted by Crippen LogP contribution is 2.06. The molecule has 0 saturated heterocycles. The van der Waals surface area contributed by atoms with E-state index in [-0.39, 0.29) is 0 Å². The standard InChI is InChI=1S/C16H24N2O2/c1-4-6-12-17(3)15(19)16(20)18(5-2)13-14-10-8-7-9-11-14/h7-11H,4-6,12-13H2,1-3H3. The quantitative estimate of drug-likeness (QED) is 0.748. The van der Waals surface area contributed by atoms with E-state index in [0.717, 1.165) is 18.4 Å². The molecule has 0 aromatic heterocycles. The van der Waals surface area contributed by atoms with Gasteiger partial charge in [-0.3, -0.25) is 9.59 Å². The zero-order valence-electron chi connectivity index (χ0n) is 12.6. The van der Waals surface area contributed by atoms with Gasteiger partial charge >= 0.3 is 11.8 Å². The maximum atomic E-state index is 12.2. The van der Waals surface area contributed by atoms with Crippen LogP contribution in [-0.2, 0) is 16.1 Å². The summed E-state index contributed by atoms with van der Waals surface area (Å²) in [6, 6.07) is 9.72. The fourth-order valence-electron chi connectivity index (χ4n) is 1.93. The molecule has 0 saturated carbocycles. The van der Waals surface area contributed by atoms with Crippen LogP contribution in [0.2, 0.25) is 0 Å². The minimum Gasteiger partial charge on any atom is -0.338 e. The van der Waals surface area contributed by atoms with Crippen LogP contribution in [0.4, 0.5) is 0 Å². The normalized spacial score (nSPS) is 10.2. The Bertz CT molecular complexity index is 431. The molecule has 0 bridgehead atoms. The molecule has 110 valence electrons. The summed E-state index contributed by atoms with van der Waals surface area (Å²) >= 11 is 0. The zero-order valence-corrected chi connectivity index (χ0v) is 12.6. The average Bonchev–Trinajstić information content (AvgIpc) is 2.49. The number of carbonyl (C=O) groups is 2. The molecule has 0 spiro atoms. The minimum atomic E-state index is -0.421. The van der Waals surface area contributed by atoms with Gasteiger partial charge in [-0.05, 0) is 18.9 Å². The van der Waals surface area contributed by atoms with Crippen LogP contribution in [0.25, 0.3) is 0 Å². The van der Waals surface area contributed by atoms with Crippen LogP contribution in [0.15, 0.2) is 30.3 Å². The Balaban J connectivity index is 2.64. The molecular formula is C16H24N2O2. The van der Waals surface area contributed by atoms with Gasteiger partial charge in [0.2, 0.25) is 0 Å². The Hall–Kier alpha value is -1.84. The van der Waals surface area contributed by atoms with E-state index < -0.39 is 11.8 Å². The lowest BCUT2D eigenvalue weighted by molar-refractivity contribution is -0.151. The van der Waals surface area contributed by atoms with Gasteiger partial charge in [-0.15, -0.1) is 0 Å². The van der Waals surface area contributed by atoms with E-state index in [1.807, 2.05) is 37.3 Å². The Morgan fingerprint density at radius 1 is 1.05 bits per heavy atom. The van der Waals surface area contributed by atoms with Gasteiger partial charge in [0.05, 0.1) is 0 Å². The molecule has 0 radical (unpaired) electrons. The molecule has 0 N–H and O–H groups in total. The van der Waals surface area contributed by atoms with E-state index in [1.54, 1.807) is 11.9 Å². The minimum absolute atomic E-state index is 0.420. The molecule has 1 aromatic carbocycles. The van der Waals surface area contributed by atoms with E-state index in [4.69, 9.17) is 0 Å². The van der Waals surface area contributed by atoms with Gasteiger partial charge in [0.15, 0.2) is 0 Å². The second kappa shape index (κ2) is 8.35. The Morgan fingerprint density at radius 2 is 1.70 bits per heavy atom. The second-order valence-electron chi connectivity index (χ2n) is 4.89. The van der Waals surface area contributed by atoms with Crippen molar-refractivity contribution in [3.63, 3.8) is 0 Å². The molecule has 0 fully saturated rings. The molecule has 0 heterocycles. The first-order valence-corrected chi connectivity index (χ1v) is 7.18. The molecule has 4 heteroatoms. The first-order valence-electron chi connectivity index (χ1n) is 7.18. The number of hydrogen-bond acceptors (Lipinski definition) is 2. The van der Waals surface area contributed by atoms with Crippen LogP contribution in [0, 0.1) is 0 Å². The van der Waals surface area contributed by atoms with Gasteiger partial charge in [0, 0.05) is 26.7 Å². The average molecular weight is 276 g/mol. The van der Waals surface area contributed by atoms with Crippen molar-refractivity contribution in [2.75, 3.05) is 20.1 Å². The van der Waals surface area contributed by atoms with Crippen LogP contribution >= 0.6 is 0 Å². The van der Waals surface area contributed by atoms with Crippen molar-refractivity contribution in [1.29, 1.82) is 0 Å².